The molecule has 1 aromatic heterocycles. The maximum atomic E-state index is 11.5. The number of benzene rings is 1. The van der Waals surface area contributed by atoms with Gasteiger partial charge in [0, 0.05) is 29.6 Å². The third kappa shape index (κ3) is 2.81. The van der Waals surface area contributed by atoms with E-state index in [1.165, 1.54) is 6.08 Å². The van der Waals surface area contributed by atoms with Gasteiger partial charge in [-0.3, -0.25) is 9.89 Å². The Hall–Kier alpha value is -2.36. The van der Waals surface area contributed by atoms with Crippen LogP contribution in [0.15, 0.2) is 42.7 Å². The van der Waals surface area contributed by atoms with Crippen molar-refractivity contribution in [2.75, 3.05) is 5.32 Å². The van der Waals surface area contributed by atoms with Crippen molar-refractivity contribution in [3.63, 3.8) is 0 Å². The lowest BCUT2D eigenvalue weighted by Gasteiger charge is -1.99. The third-order valence-electron chi connectivity index (χ3n) is 1.91. The number of aromatic amines is 1. The highest BCUT2D eigenvalue weighted by Gasteiger charge is 1.96. The van der Waals surface area contributed by atoms with Crippen LogP contribution in [0.4, 0.5) is 5.69 Å². The molecule has 0 bridgehead atoms. The highest BCUT2D eigenvalue weighted by Crippen LogP contribution is 2.04. The van der Waals surface area contributed by atoms with Crippen molar-refractivity contribution >= 4 is 17.7 Å². The van der Waals surface area contributed by atoms with Crippen LogP contribution in [0.1, 0.15) is 5.56 Å². The molecular formula is C12H10N3O. The second kappa shape index (κ2) is 4.93. The van der Waals surface area contributed by atoms with Gasteiger partial charge in [-0.25, -0.2) is 0 Å². The summed E-state index contributed by atoms with van der Waals surface area (Å²) in [5, 5.41) is 9.13. The normalized spacial score (nSPS) is 10.5. The van der Waals surface area contributed by atoms with Crippen molar-refractivity contribution in [1.29, 1.82) is 0 Å². The summed E-state index contributed by atoms with van der Waals surface area (Å²) in [4.78, 5) is 11.5. The van der Waals surface area contributed by atoms with Gasteiger partial charge in [0.15, 0.2) is 0 Å². The number of carbonyl (C=O) groups excluding carboxylic acids is 1. The zero-order valence-corrected chi connectivity index (χ0v) is 8.47. The van der Waals surface area contributed by atoms with Gasteiger partial charge in [-0.05, 0) is 12.1 Å². The SMILES string of the molecule is O=C(/C=C/c1cn[nH]c1)Nc1[c]cccc1. The van der Waals surface area contributed by atoms with Gasteiger partial charge in [-0.1, -0.05) is 18.2 Å². The van der Waals surface area contributed by atoms with E-state index in [0.717, 1.165) is 5.56 Å². The molecule has 1 aromatic carbocycles. The molecule has 0 unspecified atom stereocenters. The van der Waals surface area contributed by atoms with E-state index in [1.807, 2.05) is 12.1 Å². The van der Waals surface area contributed by atoms with Crippen molar-refractivity contribution in [2.24, 2.45) is 0 Å². The minimum Gasteiger partial charge on any atom is -0.322 e. The molecule has 79 valence electrons. The molecule has 2 rings (SSSR count). The number of nitrogens with one attached hydrogen (secondary N) is 2. The van der Waals surface area contributed by atoms with Crippen LogP contribution >= 0.6 is 0 Å². The molecule has 2 aromatic rings. The summed E-state index contributed by atoms with van der Waals surface area (Å²) in [5.41, 5.74) is 1.51. The first-order chi connectivity index (χ1) is 7.84. The number of amides is 1. The molecule has 1 amide bonds. The Balaban J connectivity index is 1.95. The van der Waals surface area contributed by atoms with Crippen LogP contribution in [0, 0.1) is 6.07 Å². The van der Waals surface area contributed by atoms with Crippen LogP contribution in [0.5, 0.6) is 0 Å². The number of nitrogens with zero attached hydrogens (tertiary/aromatic N) is 1. The molecule has 0 spiro atoms. The van der Waals surface area contributed by atoms with Gasteiger partial charge in [-0.2, -0.15) is 5.10 Å². The third-order valence-corrected chi connectivity index (χ3v) is 1.91. The molecule has 0 fully saturated rings. The number of rotatable bonds is 3. The minimum atomic E-state index is -0.191. The number of hydrogen-bond acceptors (Lipinski definition) is 2. The zero-order valence-electron chi connectivity index (χ0n) is 8.47. The lowest BCUT2D eigenvalue weighted by molar-refractivity contribution is -0.111. The fourth-order valence-corrected chi connectivity index (χ4v) is 1.17. The Kier molecular flexibility index (Phi) is 3.13. The molecule has 4 heteroatoms. The van der Waals surface area contributed by atoms with Crippen LogP contribution in [0.25, 0.3) is 6.08 Å². The Bertz CT molecular complexity index is 474. The van der Waals surface area contributed by atoms with Crippen LogP contribution in [0.3, 0.4) is 0 Å². The summed E-state index contributed by atoms with van der Waals surface area (Å²) in [6.07, 6.45) is 6.48. The van der Waals surface area contributed by atoms with Crippen LogP contribution in [0.2, 0.25) is 0 Å². The van der Waals surface area contributed by atoms with Crippen LogP contribution in [-0.4, -0.2) is 16.1 Å². The number of para-hydroxylation sites is 1. The molecule has 0 saturated heterocycles. The average molecular weight is 212 g/mol. The molecule has 16 heavy (non-hydrogen) atoms. The van der Waals surface area contributed by atoms with Gasteiger partial charge in [-0.15, -0.1) is 0 Å². The van der Waals surface area contributed by atoms with Crippen molar-refractivity contribution in [1.82, 2.24) is 10.2 Å². The summed E-state index contributed by atoms with van der Waals surface area (Å²) >= 11 is 0. The number of anilines is 1. The van der Waals surface area contributed by atoms with Gasteiger partial charge < -0.3 is 5.32 Å². The maximum Gasteiger partial charge on any atom is 0.248 e. The number of hydrogen-bond donors (Lipinski definition) is 2. The van der Waals surface area contributed by atoms with E-state index in [4.69, 9.17) is 0 Å². The summed E-state index contributed by atoms with van der Waals surface area (Å²) in [5.74, 6) is -0.191. The molecule has 0 saturated carbocycles. The van der Waals surface area contributed by atoms with Crippen molar-refractivity contribution in [3.8, 4) is 0 Å². The Morgan fingerprint density at radius 1 is 1.50 bits per heavy atom. The molecule has 0 aliphatic carbocycles. The van der Waals surface area contributed by atoms with E-state index in [-0.39, 0.29) is 5.91 Å². The predicted octanol–water partition coefficient (Wildman–Crippen LogP) is 1.86. The fraction of sp³-hybridized carbons (Fsp3) is 0. The first-order valence-corrected chi connectivity index (χ1v) is 4.79. The van der Waals surface area contributed by atoms with Gasteiger partial charge in [0.1, 0.15) is 0 Å². The molecule has 1 heterocycles. The van der Waals surface area contributed by atoms with E-state index in [1.54, 1.807) is 30.6 Å². The lowest BCUT2D eigenvalue weighted by atomic mass is 10.3. The fourth-order valence-electron chi connectivity index (χ4n) is 1.17. The second-order valence-electron chi connectivity index (χ2n) is 3.13. The monoisotopic (exact) mass is 212 g/mol. The van der Waals surface area contributed by atoms with E-state index < -0.39 is 0 Å². The number of aromatic nitrogens is 2. The molecule has 4 nitrogen and oxygen atoms in total. The Morgan fingerprint density at radius 2 is 2.44 bits per heavy atom. The molecule has 0 aliphatic heterocycles. The van der Waals surface area contributed by atoms with Crippen LogP contribution < -0.4 is 5.32 Å². The van der Waals surface area contributed by atoms with Gasteiger partial charge in [0.05, 0.1) is 6.20 Å². The summed E-state index contributed by atoms with van der Waals surface area (Å²) < 4.78 is 0. The quantitative estimate of drug-likeness (QED) is 0.763. The van der Waals surface area contributed by atoms with Crippen LogP contribution in [-0.2, 0) is 4.79 Å². The number of carbonyl (C=O) groups is 1. The molecule has 2 N–H and O–H groups in total. The predicted molar refractivity (Wildman–Crippen MR) is 61.5 cm³/mol. The first kappa shape index (κ1) is 10.2. The second-order valence-corrected chi connectivity index (χ2v) is 3.13. The van der Waals surface area contributed by atoms with Gasteiger partial charge in [0.2, 0.25) is 5.91 Å². The number of H-pyrrole nitrogens is 1. The lowest BCUT2D eigenvalue weighted by Crippen LogP contribution is -2.07. The zero-order chi connectivity index (χ0) is 11.2. The minimum absolute atomic E-state index is 0.191. The summed E-state index contributed by atoms with van der Waals surface area (Å²) in [6.45, 7) is 0. The average Bonchev–Trinajstić information content (AvgIpc) is 2.81. The molecular weight excluding hydrogens is 202 g/mol. The smallest absolute Gasteiger partial charge is 0.248 e. The van der Waals surface area contributed by atoms with E-state index in [2.05, 4.69) is 21.6 Å². The molecule has 0 aliphatic rings. The Morgan fingerprint density at radius 3 is 3.12 bits per heavy atom. The highest BCUT2D eigenvalue weighted by molar-refractivity contribution is 6.01. The topological polar surface area (TPSA) is 57.8 Å². The van der Waals surface area contributed by atoms with E-state index in [0.29, 0.717) is 5.69 Å². The summed E-state index contributed by atoms with van der Waals surface area (Å²) in [7, 11) is 0. The van der Waals surface area contributed by atoms with Crippen molar-refractivity contribution in [3.05, 3.63) is 54.4 Å². The standard InChI is InChI=1S/C12H10N3O/c16-12(7-6-10-8-13-14-9-10)15-11-4-2-1-3-5-11/h1-4,6-9H,(H,13,14)(H,15,16)/b7-6+. The van der Waals surface area contributed by atoms with Crippen molar-refractivity contribution in [2.45, 2.75) is 0 Å². The van der Waals surface area contributed by atoms with E-state index in [9.17, 15) is 4.79 Å². The first-order valence-electron chi connectivity index (χ1n) is 4.79. The molecule has 1 radical (unpaired) electrons. The maximum absolute atomic E-state index is 11.5. The summed E-state index contributed by atoms with van der Waals surface area (Å²) in [6, 6.07) is 10.1. The highest BCUT2D eigenvalue weighted by atomic mass is 16.1. The van der Waals surface area contributed by atoms with Gasteiger partial charge >= 0.3 is 0 Å². The van der Waals surface area contributed by atoms with Crippen molar-refractivity contribution < 1.29 is 4.79 Å². The van der Waals surface area contributed by atoms with E-state index >= 15 is 0 Å². The van der Waals surface area contributed by atoms with Gasteiger partial charge in [0.25, 0.3) is 0 Å². The largest absolute Gasteiger partial charge is 0.322 e. The Labute approximate surface area is 93.0 Å². The molecule has 0 atom stereocenters.